The molecule has 1 amide bonds. The topological polar surface area (TPSA) is 64.6 Å². The predicted octanol–water partition coefficient (Wildman–Crippen LogP) is 2.19. The summed E-state index contributed by atoms with van der Waals surface area (Å²) in [4.78, 5) is 28.2. The Bertz CT molecular complexity index is 742. The van der Waals surface area contributed by atoms with Gasteiger partial charge in [0.05, 0.1) is 0 Å². The van der Waals surface area contributed by atoms with E-state index in [-0.39, 0.29) is 5.91 Å². The Morgan fingerprint density at radius 2 is 1.79 bits per heavy atom. The third-order valence-electron chi connectivity index (χ3n) is 5.24. The summed E-state index contributed by atoms with van der Waals surface area (Å²) in [5, 5.41) is 2.87. The first-order valence-corrected chi connectivity index (χ1v) is 10.1. The second-order valence-electron chi connectivity index (χ2n) is 6.94. The zero-order valence-electron chi connectivity index (χ0n) is 16.8. The maximum atomic E-state index is 12.5. The van der Waals surface area contributed by atoms with E-state index < -0.39 is 0 Å². The van der Waals surface area contributed by atoms with Crippen molar-refractivity contribution in [1.29, 1.82) is 0 Å². The van der Waals surface area contributed by atoms with Gasteiger partial charge in [0.1, 0.15) is 17.8 Å². The Hall–Kier alpha value is -2.51. The maximum Gasteiger partial charge on any atom is 0.274 e. The van der Waals surface area contributed by atoms with Crippen LogP contribution in [0.4, 0.5) is 11.5 Å². The Morgan fingerprint density at radius 3 is 2.46 bits per heavy atom. The summed E-state index contributed by atoms with van der Waals surface area (Å²) >= 11 is 0. The Kier molecular flexibility index (Phi) is 7.33. The number of hydrogen-bond donors (Lipinski definition) is 1. The van der Waals surface area contributed by atoms with E-state index in [0.717, 1.165) is 63.9 Å². The van der Waals surface area contributed by atoms with Crippen LogP contribution in [0, 0.1) is 0 Å². The lowest BCUT2D eigenvalue weighted by molar-refractivity contribution is 0.102. The molecular weight excluding hydrogens is 352 g/mol. The predicted molar refractivity (Wildman–Crippen MR) is 113 cm³/mol. The molecule has 3 rings (SSSR count). The molecule has 150 valence electrons. The fraction of sp³-hybridized carbons (Fsp3) is 0.476. The van der Waals surface area contributed by atoms with Crippen LogP contribution < -0.4 is 10.2 Å². The first-order valence-electron chi connectivity index (χ1n) is 10.1. The van der Waals surface area contributed by atoms with Gasteiger partial charge in [-0.15, -0.1) is 0 Å². The number of piperazine rings is 1. The van der Waals surface area contributed by atoms with Gasteiger partial charge in [0.2, 0.25) is 0 Å². The minimum Gasteiger partial charge on any atom is -0.354 e. The molecule has 2 aromatic rings. The van der Waals surface area contributed by atoms with Crippen LogP contribution >= 0.6 is 0 Å². The summed E-state index contributed by atoms with van der Waals surface area (Å²) in [6.45, 7) is 12.7. The molecule has 28 heavy (non-hydrogen) atoms. The van der Waals surface area contributed by atoms with Crippen LogP contribution in [0.2, 0.25) is 0 Å². The molecule has 1 aromatic heterocycles. The lowest BCUT2D eigenvalue weighted by atomic mass is 10.2. The quantitative estimate of drug-likeness (QED) is 0.755. The number of rotatable bonds is 8. The van der Waals surface area contributed by atoms with E-state index in [1.54, 1.807) is 6.07 Å². The third-order valence-corrected chi connectivity index (χ3v) is 5.24. The van der Waals surface area contributed by atoms with E-state index in [0.29, 0.717) is 5.69 Å². The molecule has 0 bridgehead atoms. The maximum absolute atomic E-state index is 12.5. The summed E-state index contributed by atoms with van der Waals surface area (Å²) in [6.07, 6.45) is 1.47. The first kappa shape index (κ1) is 20.2. The van der Waals surface area contributed by atoms with Crippen molar-refractivity contribution < 1.29 is 4.79 Å². The number of para-hydroxylation sites is 1. The number of benzene rings is 1. The number of anilines is 2. The van der Waals surface area contributed by atoms with Crippen molar-refractivity contribution in [3.05, 3.63) is 48.4 Å². The van der Waals surface area contributed by atoms with E-state index >= 15 is 0 Å². The van der Waals surface area contributed by atoms with Crippen LogP contribution in [0.1, 0.15) is 24.3 Å². The van der Waals surface area contributed by atoms with Gasteiger partial charge in [-0.2, -0.15) is 0 Å². The van der Waals surface area contributed by atoms with Gasteiger partial charge in [-0.1, -0.05) is 32.0 Å². The Morgan fingerprint density at radius 1 is 1.07 bits per heavy atom. The van der Waals surface area contributed by atoms with Crippen molar-refractivity contribution in [2.75, 3.05) is 62.6 Å². The number of aromatic nitrogens is 2. The van der Waals surface area contributed by atoms with E-state index in [9.17, 15) is 4.79 Å². The van der Waals surface area contributed by atoms with Crippen LogP contribution in [0.15, 0.2) is 42.7 Å². The number of carbonyl (C=O) groups excluding carboxylic acids is 1. The molecule has 2 heterocycles. The molecule has 0 radical (unpaired) electrons. The van der Waals surface area contributed by atoms with E-state index in [2.05, 4.69) is 43.8 Å². The molecule has 7 heteroatoms. The highest BCUT2D eigenvalue weighted by atomic mass is 16.1. The summed E-state index contributed by atoms with van der Waals surface area (Å²) in [5.41, 5.74) is 1.15. The Labute approximate surface area is 167 Å². The minimum atomic E-state index is -0.215. The van der Waals surface area contributed by atoms with Crippen molar-refractivity contribution in [2.24, 2.45) is 0 Å². The summed E-state index contributed by atoms with van der Waals surface area (Å²) in [7, 11) is 0. The van der Waals surface area contributed by atoms with Gasteiger partial charge in [0.25, 0.3) is 5.91 Å². The minimum absolute atomic E-state index is 0.215. The highest BCUT2D eigenvalue weighted by Gasteiger charge is 2.19. The largest absolute Gasteiger partial charge is 0.354 e. The standard InChI is InChI=1S/C21H30N6O/c1-3-25(4-2)10-11-26-12-14-27(15-13-26)20-16-19(22-17-23-20)21(28)24-18-8-6-5-7-9-18/h5-9,16-17H,3-4,10-15H2,1-2H3,(H,24,28). The van der Waals surface area contributed by atoms with Gasteiger partial charge < -0.3 is 15.1 Å². The fourth-order valence-corrected chi connectivity index (χ4v) is 3.38. The molecule has 0 saturated carbocycles. The van der Waals surface area contributed by atoms with Gasteiger partial charge in [0.15, 0.2) is 0 Å². The van der Waals surface area contributed by atoms with Crippen molar-refractivity contribution >= 4 is 17.4 Å². The van der Waals surface area contributed by atoms with Crippen LogP contribution in [0.5, 0.6) is 0 Å². The highest BCUT2D eigenvalue weighted by Crippen LogP contribution is 2.15. The number of amides is 1. The molecule has 0 aliphatic carbocycles. The normalized spacial score (nSPS) is 15.0. The van der Waals surface area contributed by atoms with Crippen molar-refractivity contribution in [3.63, 3.8) is 0 Å². The fourth-order valence-electron chi connectivity index (χ4n) is 3.38. The molecule has 1 fully saturated rings. The third kappa shape index (κ3) is 5.50. The van der Waals surface area contributed by atoms with Crippen LogP contribution in [0.3, 0.4) is 0 Å². The lowest BCUT2D eigenvalue weighted by Crippen LogP contribution is -2.48. The Balaban J connectivity index is 1.54. The second kappa shape index (κ2) is 10.1. The molecule has 1 N–H and O–H groups in total. The average molecular weight is 383 g/mol. The van der Waals surface area contributed by atoms with Gasteiger partial charge in [0, 0.05) is 51.0 Å². The van der Waals surface area contributed by atoms with Crippen LogP contribution in [0.25, 0.3) is 0 Å². The average Bonchev–Trinajstić information content (AvgIpc) is 2.76. The molecule has 1 aliphatic heterocycles. The van der Waals surface area contributed by atoms with Crippen molar-refractivity contribution in [2.45, 2.75) is 13.8 Å². The van der Waals surface area contributed by atoms with E-state index in [4.69, 9.17) is 0 Å². The molecule has 0 spiro atoms. The highest BCUT2D eigenvalue weighted by molar-refractivity contribution is 6.03. The van der Waals surface area contributed by atoms with Gasteiger partial charge >= 0.3 is 0 Å². The smallest absolute Gasteiger partial charge is 0.274 e. The lowest BCUT2D eigenvalue weighted by Gasteiger charge is -2.36. The summed E-state index contributed by atoms with van der Waals surface area (Å²) in [6, 6.07) is 11.2. The zero-order chi connectivity index (χ0) is 19.8. The molecule has 1 aromatic carbocycles. The number of nitrogens with one attached hydrogen (secondary N) is 1. The van der Waals surface area contributed by atoms with Crippen molar-refractivity contribution in [1.82, 2.24) is 19.8 Å². The molecule has 1 saturated heterocycles. The molecular formula is C21H30N6O. The van der Waals surface area contributed by atoms with Gasteiger partial charge in [-0.3, -0.25) is 9.69 Å². The molecule has 0 atom stereocenters. The number of hydrogen-bond acceptors (Lipinski definition) is 6. The van der Waals surface area contributed by atoms with E-state index in [1.165, 1.54) is 6.33 Å². The summed E-state index contributed by atoms with van der Waals surface area (Å²) < 4.78 is 0. The zero-order valence-corrected chi connectivity index (χ0v) is 16.8. The molecule has 1 aliphatic rings. The first-order chi connectivity index (χ1) is 13.7. The van der Waals surface area contributed by atoms with Gasteiger partial charge in [-0.25, -0.2) is 9.97 Å². The second-order valence-corrected chi connectivity index (χ2v) is 6.94. The van der Waals surface area contributed by atoms with E-state index in [1.807, 2.05) is 30.3 Å². The monoisotopic (exact) mass is 382 g/mol. The van der Waals surface area contributed by atoms with Gasteiger partial charge in [-0.05, 0) is 25.2 Å². The molecule has 0 unspecified atom stereocenters. The number of likely N-dealkylation sites (N-methyl/N-ethyl adjacent to an activating group) is 1. The van der Waals surface area contributed by atoms with Crippen LogP contribution in [-0.4, -0.2) is 78.0 Å². The van der Waals surface area contributed by atoms with Crippen molar-refractivity contribution in [3.8, 4) is 0 Å². The van der Waals surface area contributed by atoms with Crippen LogP contribution in [-0.2, 0) is 0 Å². The number of nitrogens with zero attached hydrogens (tertiary/aromatic N) is 5. The summed E-state index contributed by atoms with van der Waals surface area (Å²) in [5.74, 6) is 0.601. The SMILES string of the molecule is CCN(CC)CCN1CCN(c2cc(C(=O)Nc3ccccc3)ncn2)CC1. The number of carbonyl (C=O) groups is 1. The molecule has 7 nitrogen and oxygen atoms in total.